The predicted molar refractivity (Wildman–Crippen MR) is 60.8 cm³/mol. The van der Waals surface area contributed by atoms with Crippen LogP contribution in [0.25, 0.3) is 0 Å². The van der Waals surface area contributed by atoms with Crippen molar-refractivity contribution in [1.82, 2.24) is 5.32 Å². The van der Waals surface area contributed by atoms with Gasteiger partial charge in [0.15, 0.2) is 0 Å². The second kappa shape index (κ2) is 3.81. The third-order valence-corrected chi connectivity index (χ3v) is 2.54. The van der Waals surface area contributed by atoms with Gasteiger partial charge in [-0.05, 0) is 37.5 Å². The molecule has 0 heterocycles. The summed E-state index contributed by atoms with van der Waals surface area (Å²) < 4.78 is 0. The molecule has 4 nitrogen and oxygen atoms in total. The Morgan fingerprint density at radius 3 is 2.87 bits per heavy atom. The van der Waals surface area contributed by atoms with E-state index in [1.165, 1.54) is 0 Å². The van der Waals surface area contributed by atoms with Gasteiger partial charge in [-0.25, -0.2) is 4.79 Å². The van der Waals surface area contributed by atoms with Crippen LogP contribution >= 0.6 is 0 Å². The normalized spacial score (nSPS) is 14.7. The first-order valence-corrected chi connectivity index (χ1v) is 5.09. The van der Waals surface area contributed by atoms with Crippen molar-refractivity contribution < 1.29 is 4.79 Å². The van der Waals surface area contributed by atoms with Gasteiger partial charge in [0.2, 0.25) is 0 Å². The monoisotopic (exact) mass is 205 g/mol. The molecule has 0 aliphatic heterocycles. The lowest BCUT2D eigenvalue weighted by molar-refractivity contribution is 0.251. The van der Waals surface area contributed by atoms with Gasteiger partial charge in [-0.1, -0.05) is 6.07 Å². The first-order valence-electron chi connectivity index (χ1n) is 5.09. The van der Waals surface area contributed by atoms with E-state index in [0.29, 0.717) is 11.7 Å². The summed E-state index contributed by atoms with van der Waals surface area (Å²) in [6.45, 7) is 1.89. The lowest BCUT2D eigenvalue weighted by Gasteiger charge is -2.10. The van der Waals surface area contributed by atoms with Crippen LogP contribution in [-0.4, -0.2) is 12.1 Å². The Morgan fingerprint density at radius 1 is 1.47 bits per heavy atom. The van der Waals surface area contributed by atoms with E-state index in [1.54, 1.807) is 0 Å². The Bertz CT molecular complexity index is 385. The fraction of sp³-hybridized carbons (Fsp3) is 0.364. The van der Waals surface area contributed by atoms with Crippen molar-refractivity contribution in [3.63, 3.8) is 0 Å². The zero-order chi connectivity index (χ0) is 10.8. The molecule has 4 heteroatoms. The van der Waals surface area contributed by atoms with E-state index in [-0.39, 0.29) is 6.03 Å². The zero-order valence-electron chi connectivity index (χ0n) is 8.71. The van der Waals surface area contributed by atoms with Crippen LogP contribution < -0.4 is 16.4 Å². The third-order valence-electron chi connectivity index (χ3n) is 2.54. The van der Waals surface area contributed by atoms with Crippen molar-refractivity contribution in [2.75, 3.05) is 11.1 Å². The number of rotatable bonds is 2. The molecule has 1 saturated carbocycles. The van der Waals surface area contributed by atoms with Crippen molar-refractivity contribution in [3.8, 4) is 0 Å². The maximum absolute atomic E-state index is 11.5. The van der Waals surface area contributed by atoms with Crippen LogP contribution in [0.2, 0.25) is 0 Å². The highest BCUT2D eigenvalue weighted by Crippen LogP contribution is 2.21. The minimum atomic E-state index is -0.147. The number of anilines is 2. The molecule has 0 aromatic heterocycles. The Morgan fingerprint density at radius 2 is 2.20 bits per heavy atom. The standard InChI is InChI=1S/C11H15N3O/c1-7-9(12)3-2-4-10(7)14-11(15)13-8-5-6-8/h2-4,8H,5-6,12H2,1H3,(H2,13,14,15). The number of urea groups is 1. The first-order chi connectivity index (χ1) is 7.16. The van der Waals surface area contributed by atoms with E-state index in [1.807, 2.05) is 25.1 Å². The minimum absolute atomic E-state index is 0.147. The Balaban J connectivity index is 2.02. The molecule has 0 unspecified atom stereocenters. The summed E-state index contributed by atoms with van der Waals surface area (Å²) in [5.74, 6) is 0. The molecule has 1 aromatic rings. The molecular weight excluding hydrogens is 190 g/mol. The van der Waals surface area contributed by atoms with E-state index in [0.717, 1.165) is 24.1 Å². The van der Waals surface area contributed by atoms with Gasteiger partial charge >= 0.3 is 6.03 Å². The fourth-order valence-corrected chi connectivity index (χ4v) is 1.36. The maximum Gasteiger partial charge on any atom is 0.319 e. The number of hydrogen-bond donors (Lipinski definition) is 3. The first kappa shape index (κ1) is 9.83. The van der Waals surface area contributed by atoms with Crippen molar-refractivity contribution in [2.24, 2.45) is 0 Å². The molecule has 0 bridgehead atoms. The highest BCUT2D eigenvalue weighted by Gasteiger charge is 2.23. The van der Waals surface area contributed by atoms with Crippen LogP contribution in [0.3, 0.4) is 0 Å². The Labute approximate surface area is 88.9 Å². The summed E-state index contributed by atoms with van der Waals surface area (Å²) in [6.07, 6.45) is 2.17. The lowest BCUT2D eigenvalue weighted by atomic mass is 10.1. The van der Waals surface area contributed by atoms with Gasteiger partial charge in [-0.15, -0.1) is 0 Å². The van der Waals surface area contributed by atoms with Crippen LogP contribution in [0.15, 0.2) is 18.2 Å². The summed E-state index contributed by atoms with van der Waals surface area (Å²) in [5, 5.41) is 5.65. The van der Waals surface area contributed by atoms with Gasteiger partial charge in [0.25, 0.3) is 0 Å². The van der Waals surface area contributed by atoms with Crippen LogP contribution in [0.4, 0.5) is 16.2 Å². The lowest BCUT2D eigenvalue weighted by Crippen LogP contribution is -2.30. The van der Waals surface area contributed by atoms with Gasteiger partial charge in [0.05, 0.1) is 0 Å². The van der Waals surface area contributed by atoms with Gasteiger partial charge in [0, 0.05) is 17.4 Å². The maximum atomic E-state index is 11.5. The van der Waals surface area contributed by atoms with E-state index in [9.17, 15) is 4.79 Å². The number of nitrogens with two attached hydrogens (primary N) is 1. The zero-order valence-corrected chi connectivity index (χ0v) is 8.71. The van der Waals surface area contributed by atoms with E-state index in [4.69, 9.17) is 5.73 Å². The molecule has 0 saturated heterocycles. The minimum Gasteiger partial charge on any atom is -0.398 e. The summed E-state index contributed by atoms with van der Waals surface area (Å²) in [7, 11) is 0. The number of nitrogen functional groups attached to an aromatic ring is 1. The third kappa shape index (κ3) is 2.40. The van der Waals surface area contributed by atoms with Gasteiger partial charge < -0.3 is 16.4 Å². The Kier molecular flexibility index (Phi) is 2.49. The second-order valence-corrected chi connectivity index (χ2v) is 3.89. The number of benzene rings is 1. The molecule has 15 heavy (non-hydrogen) atoms. The smallest absolute Gasteiger partial charge is 0.319 e. The SMILES string of the molecule is Cc1c(N)cccc1NC(=O)NC1CC1. The number of amides is 2. The van der Waals surface area contributed by atoms with Crippen LogP contribution in [-0.2, 0) is 0 Å². The van der Waals surface area contributed by atoms with Gasteiger partial charge in [-0.3, -0.25) is 0 Å². The molecular formula is C11H15N3O. The number of hydrogen-bond acceptors (Lipinski definition) is 2. The molecule has 1 aliphatic carbocycles. The van der Waals surface area contributed by atoms with Crippen molar-refractivity contribution >= 4 is 17.4 Å². The van der Waals surface area contributed by atoms with Crippen LogP contribution in [0.1, 0.15) is 18.4 Å². The Hall–Kier alpha value is -1.71. The largest absolute Gasteiger partial charge is 0.398 e. The van der Waals surface area contributed by atoms with Crippen molar-refractivity contribution in [2.45, 2.75) is 25.8 Å². The molecule has 0 spiro atoms. The highest BCUT2D eigenvalue weighted by molar-refractivity contribution is 5.91. The average Bonchev–Trinajstić information content (AvgIpc) is 2.97. The number of nitrogens with one attached hydrogen (secondary N) is 2. The molecule has 2 rings (SSSR count). The van der Waals surface area contributed by atoms with E-state index in [2.05, 4.69) is 10.6 Å². The quantitative estimate of drug-likeness (QED) is 0.645. The average molecular weight is 205 g/mol. The molecule has 1 aliphatic rings. The van der Waals surface area contributed by atoms with E-state index >= 15 is 0 Å². The molecule has 1 aromatic carbocycles. The summed E-state index contributed by atoms with van der Waals surface area (Å²) in [4.78, 5) is 11.5. The number of carbonyl (C=O) groups is 1. The van der Waals surface area contributed by atoms with Crippen molar-refractivity contribution in [3.05, 3.63) is 23.8 Å². The molecule has 2 amide bonds. The van der Waals surface area contributed by atoms with Crippen LogP contribution in [0, 0.1) is 6.92 Å². The summed E-state index contributed by atoms with van der Waals surface area (Å²) in [5.41, 5.74) is 8.11. The molecule has 4 N–H and O–H groups in total. The summed E-state index contributed by atoms with van der Waals surface area (Å²) >= 11 is 0. The molecule has 0 atom stereocenters. The summed E-state index contributed by atoms with van der Waals surface area (Å²) in [6, 6.07) is 5.71. The molecule has 1 fully saturated rings. The molecule has 0 radical (unpaired) electrons. The fourth-order valence-electron chi connectivity index (χ4n) is 1.36. The topological polar surface area (TPSA) is 67.1 Å². The van der Waals surface area contributed by atoms with Crippen LogP contribution in [0.5, 0.6) is 0 Å². The molecule has 80 valence electrons. The van der Waals surface area contributed by atoms with Gasteiger partial charge in [0.1, 0.15) is 0 Å². The van der Waals surface area contributed by atoms with Gasteiger partial charge in [-0.2, -0.15) is 0 Å². The number of carbonyl (C=O) groups excluding carboxylic acids is 1. The second-order valence-electron chi connectivity index (χ2n) is 3.89. The predicted octanol–water partition coefficient (Wildman–Crippen LogP) is 1.86. The highest BCUT2D eigenvalue weighted by atomic mass is 16.2. The van der Waals surface area contributed by atoms with Crippen molar-refractivity contribution in [1.29, 1.82) is 0 Å². The van der Waals surface area contributed by atoms with E-state index < -0.39 is 0 Å².